The smallest absolute Gasteiger partial charge is 0.310 e. The van der Waals surface area contributed by atoms with Crippen molar-refractivity contribution >= 4 is 29.0 Å². The summed E-state index contributed by atoms with van der Waals surface area (Å²) in [5, 5.41) is 10.8. The lowest BCUT2D eigenvalue weighted by Gasteiger charge is -2.37. The number of hydrogen-bond donors (Lipinski definition) is 0. The first-order valence-electron chi connectivity index (χ1n) is 10.7. The summed E-state index contributed by atoms with van der Waals surface area (Å²) in [5.41, 5.74) is 0.889. The fourth-order valence-corrected chi connectivity index (χ4v) is 4.98. The van der Waals surface area contributed by atoms with Crippen molar-refractivity contribution in [2.75, 3.05) is 37.7 Å². The molecule has 8 heteroatoms. The molecule has 0 saturated carbocycles. The van der Waals surface area contributed by atoms with E-state index in [1.54, 1.807) is 11.3 Å². The van der Waals surface area contributed by atoms with Crippen molar-refractivity contribution < 1.29 is 14.3 Å². The zero-order chi connectivity index (χ0) is 20.9. The lowest BCUT2D eigenvalue weighted by molar-refractivity contribution is -0.152. The van der Waals surface area contributed by atoms with Crippen LogP contribution in [0.15, 0.2) is 29.6 Å². The molecule has 0 aromatic carbocycles. The summed E-state index contributed by atoms with van der Waals surface area (Å²) in [7, 11) is 0. The number of anilines is 1. The molecule has 4 heterocycles. The Morgan fingerprint density at radius 2 is 1.93 bits per heavy atom. The van der Waals surface area contributed by atoms with Crippen LogP contribution in [-0.4, -0.2) is 59.8 Å². The topological polar surface area (TPSA) is 75.6 Å². The van der Waals surface area contributed by atoms with Gasteiger partial charge in [0, 0.05) is 32.1 Å². The predicted molar refractivity (Wildman–Crippen MR) is 116 cm³/mol. The van der Waals surface area contributed by atoms with Crippen molar-refractivity contribution in [3.8, 4) is 10.6 Å². The van der Waals surface area contributed by atoms with E-state index >= 15 is 0 Å². The number of thiophene rings is 1. The molecule has 4 rings (SSSR count). The number of esters is 1. The van der Waals surface area contributed by atoms with Crippen molar-refractivity contribution in [3.05, 3.63) is 29.6 Å². The first-order chi connectivity index (χ1) is 14.7. The molecule has 2 aromatic heterocycles. The maximum absolute atomic E-state index is 13.0. The Morgan fingerprint density at radius 1 is 1.10 bits per heavy atom. The molecule has 1 unspecified atom stereocenters. The molecule has 2 saturated heterocycles. The number of aromatic nitrogens is 2. The van der Waals surface area contributed by atoms with Gasteiger partial charge in [0.05, 0.1) is 17.4 Å². The molecule has 2 aliphatic rings. The lowest BCUT2D eigenvalue weighted by Crippen LogP contribution is -2.47. The second kappa shape index (κ2) is 9.55. The van der Waals surface area contributed by atoms with Crippen LogP contribution in [0.5, 0.6) is 0 Å². The van der Waals surface area contributed by atoms with Crippen LogP contribution in [0.3, 0.4) is 0 Å². The molecule has 0 spiro atoms. The Balaban J connectivity index is 1.30. The maximum Gasteiger partial charge on any atom is 0.310 e. The maximum atomic E-state index is 13.0. The first-order valence-corrected chi connectivity index (χ1v) is 11.6. The van der Waals surface area contributed by atoms with Crippen molar-refractivity contribution in [2.45, 2.75) is 32.6 Å². The van der Waals surface area contributed by atoms with Gasteiger partial charge in [-0.3, -0.25) is 9.59 Å². The van der Waals surface area contributed by atoms with Crippen LogP contribution in [0.2, 0.25) is 0 Å². The van der Waals surface area contributed by atoms with Gasteiger partial charge in [-0.25, -0.2) is 0 Å². The number of hydrogen-bond acceptors (Lipinski definition) is 7. The molecule has 0 N–H and O–H groups in total. The van der Waals surface area contributed by atoms with Crippen LogP contribution in [0.25, 0.3) is 10.6 Å². The second-order valence-electron chi connectivity index (χ2n) is 7.89. The number of carbonyl (C=O) groups is 2. The van der Waals surface area contributed by atoms with Crippen molar-refractivity contribution in [1.29, 1.82) is 0 Å². The molecule has 2 aromatic rings. The van der Waals surface area contributed by atoms with Crippen LogP contribution in [0.1, 0.15) is 32.6 Å². The van der Waals surface area contributed by atoms with Crippen molar-refractivity contribution in [1.82, 2.24) is 15.1 Å². The number of ether oxygens (including phenoxy) is 1. The molecule has 2 aliphatic heterocycles. The molecule has 0 bridgehead atoms. The molecule has 0 aliphatic carbocycles. The number of amides is 1. The van der Waals surface area contributed by atoms with Gasteiger partial charge in [0.25, 0.3) is 0 Å². The molecular weight excluding hydrogens is 400 g/mol. The summed E-state index contributed by atoms with van der Waals surface area (Å²) in [4.78, 5) is 30.3. The highest BCUT2D eigenvalue weighted by Gasteiger charge is 2.34. The Labute approximate surface area is 181 Å². The van der Waals surface area contributed by atoms with E-state index in [2.05, 4.69) is 15.1 Å². The Morgan fingerprint density at radius 3 is 2.60 bits per heavy atom. The van der Waals surface area contributed by atoms with E-state index in [9.17, 15) is 9.59 Å². The van der Waals surface area contributed by atoms with Crippen molar-refractivity contribution in [2.24, 2.45) is 11.8 Å². The van der Waals surface area contributed by atoms with E-state index in [0.717, 1.165) is 61.7 Å². The van der Waals surface area contributed by atoms with Gasteiger partial charge in [-0.1, -0.05) is 6.07 Å². The third-order valence-electron chi connectivity index (χ3n) is 5.95. The Hall–Kier alpha value is -2.48. The summed E-state index contributed by atoms with van der Waals surface area (Å²) in [6.45, 7) is 5.02. The summed E-state index contributed by atoms with van der Waals surface area (Å²) in [5.74, 6) is 0.708. The van der Waals surface area contributed by atoms with E-state index < -0.39 is 0 Å². The van der Waals surface area contributed by atoms with Gasteiger partial charge in [0.2, 0.25) is 5.91 Å². The molecular formula is C22H28N4O3S. The minimum absolute atomic E-state index is 0.0144. The third-order valence-corrected chi connectivity index (χ3v) is 6.84. The van der Waals surface area contributed by atoms with Crippen LogP contribution in [-0.2, 0) is 14.3 Å². The minimum atomic E-state index is -0.181. The van der Waals surface area contributed by atoms with Gasteiger partial charge in [0.15, 0.2) is 5.82 Å². The second-order valence-corrected chi connectivity index (χ2v) is 8.84. The van der Waals surface area contributed by atoms with E-state index in [0.29, 0.717) is 13.2 Å². The van der Waals surface area contributed by atoms with Gasteiger partial charge in [-0.2, -0.15) is 0 Å². The number of likely N-dealkylation sites (tertiary alicyclic amines) is 1. The number of nitrogens with zero attached hydrogens (tertiary/aromatic N) is 4. The average molecular weight is 429 g/mol. The third kappa shape index (κ3) is 4.64. The highest BCUT2D eigenvalue weighted by molar-refractivity contribution is 7.13. The average Bonchev–Trinajstić information content (AvgIpc) is 3.34. The van der Waals surface area contributed by atoms with Gasteiger partial charge in [-0.15, -0.1) is 21.5 Å². The van der Waals surface area contributed by atoms with Crippen molar-refractivity contribution in [3.63, 3.8) is 0 Å². The Kier molecular flexibility index (Phi) is 6.62. The van der Waals surface area contributed by atoms with Gasteiger partial charge in [-0.05, 0) is 56.2 Å². The molecule has 0 radical (unpaired) electrons. The van der Waals surface area contributed by atoms with Crippen LogP contribution in [0.4, 0.5) is 5.82 Å². The highest BCUT2D eigenvalue weighted by Crippen LogP contribution is 2.27. The first kappa shape index (κ1) is 20.8. The summed E-state index contributed by atoms with van der Waals surface area (Å²) in [6, 6.07) is 8.07. The fraction of sp³-hybridized carbons (Fsp3) is 0.545. The largest absolute Gasteiger partial charge is 0.466 e. The number of rotatable bonds is 5. The number of piperidine rings is 2. The van der Waals surface area contributed by atoms with Gasteiger partial charge in [0.1, 0.15) is 5.69 Å². The van der Waals surface area contributed by atoms with E-state index in [-0.39, 0.29) is 23.7 Å². The lowest BCUT2D eigenvalue weighted by atomic mass is 9.92. The summed E-state index contributed by atoms with van der Waals surface area (Å²) in [6.07, 6.45) is 3.27. The van der Waals surface area contributed by atoms with Gasteiger partial charge < -0.3 is 14.5 Å². The number of carbonyl (C=O) groups excluding carboxylic acids is 2. The van der Waals surface area contributed by atoms with Gasteiger partial charge >= 0.3 is 5.97 Å². The van der Waals surface area contributed by atoms with Crippen LogP contribution >= 0.6 is 11.3 Å². The van der Waals surface area contributed by atoms with E-state index in [1.807, 2.05) is 41.5 Å². The molecule has 7 nitrogen and oxygen atoms in total. The minimum Gasteiger partial charge on any atom is -0.466 e. The molecule has 2 fully saturated rings. The highest BCUT2D eigenvalue weighted by atomic mass is 32.1. The summed E-state index contributed by atoms with van der Waals surface area (Å²) < 4.78 is 5.15. The molecule has 1 atom stereocenters. The standard InChI is InChI=1S/C22H28N4O3S/c1-2-29-22(28)17-5-3-11-26(15-17)21(27)16-9-12-25(13-10-16)20-8-7-18(23-24-20)19-6-4-14-30-19/h4,6-8,14,16-17H,2-3,5,9-13,15H2,1H3. The SMILES string of the molecule is CCOC(=O)C1CCCN(C(=O)C2CCN(c3ccc(-c4cccs4)nn3)CC2)C1. The van der Waals surface area contributed by atoms with E-state index in [1.165, 1.54) is 0 Å². The Bertz CT molecular complexity index is 848. The van der Waals surface area contributed by atoms with E-state index in [4.69, 9.17) is 4.74 Å². The fourth-order valence-electron chi connectivity index (χ4n) is 4.29. The zero-order valence-corrected chi connectivity index (χ0v) is 18.1. The monoisotopic (exact) mass is 428 g/mol. The zero-order valence-electron chi connectivity index (χ0n) is 17.3. The predicted octanol–water partition coefficient (Wildman–Crippen LogP) is 3.22. The molecule has 30 heavy (non-hydrogen) atoms. The normalized spacial score (nSPS) is 20.2. The quantitative estimate of drug-likeness (QED) is 0.681. The van der Waals surface area contributed by atoms with Crippen LogP contribution < -0.4 is 4.90 Å². The summed E-state index contributed by atoms with van der Waals surface area (Å²) >= 11 is 1.65. The molecule has 1 amide bonds. The molecule has 160 valence electrons. The van der Waals surface area contributed by atoms with Crippen LogP contribution in [0, 0.1) is 11.8 Å².